The summed E-state index contributed by atoms with van der Waals surface area (Å²) in [6, 6.07) is 9.40. The smallest absolute Gasteiger partial charge is 0.258 e. The molecule has 1 aliphatic rings. The van der Waals surface area contributed by atoms with Crippen molar-refractivity contribution in [3.05, 3.63) is 46.2 Å². The molecule has 0 bridgehead atoms. The lowest BCUT2D eigenvalue weighted by molar-refractivity contribution is 0.0747. The molecule has 126 valence electrons. The van der Waals surface area contributed by atoms with Crippen LogP contribution in [0.5, 0.6) is 0 Å². The van der Waals surface area contributed by atoms with Crippen LogP contribution >= 0.6 is 11.3 Å². The van der Waals surface area contributed by atoms with Gasteiger partial charge in [0.15, 0.2) is 0 Å². The predicted octanol–water partition coefficient (Wildman–Crippen LogP) is 3.78. The average Bonchev–Trinajstić information content (AvgIpc) is 3.25. The number of primary amides is 1. The Kier molecular flexibility index (Phi) is 5.00. The number of benzene rings is 1. The Hall–Kier alpha value is -2.14. The highest BCUT2D eigenvalue weighted by Crippen LogP contribution is 2.30. The molecule has 1 aromatic carbocycles. The molecule has 0 unspecified atom stereocenters. The molecule has 0 aliphatic heterocycles. The molecular formula is C19H22N2O2S. The van der Waals surface area contributed by atoms with E-state index in [1.807, 2.05) is 34.5 Å². The van der Waals surface area contributed by atoms with Crippen LogP contribution in [0.25, 0.3) is 11.1 Å². The van der Waals surface area contributed by atoms with Gasteiger partial charge < -0.3 is 10.6 Å². The normalized spacial score (nSPS) is 13.7. The maximum atomic E-state index is 12.7. The van der Waals surface area contributed by atoms with Crippen molar-refractivity contribution < 1.29 is 9.59 Å². The first kappa shape index (κ1) is 16.7. The SMILES string of the molecule is CCCN(CC1CC1)C(=O)c1ccc(-c2csc(C(N)=O)c2)cc1. The topological polar surface area (TPSA) is 63.4 Å². The van der Waals surface area contributed by atoms with Gasteiger partial charge in [-0.2, -0.15) is 0 Å². The van der Waals surface area contributed by atoms with Crippen LogP contribution < -0.4 is 5.73 Å². The summed E-state index contributed by atoms with van der Waals surface area (Å²) in [7, 11) is 0. The quantitative estimate of drug-likeness (QED) is 0.832. The van der Waals surface area contributed by atoms with Gasteiger partial charge in [-0.25, -0.2) is 0 Å². The fourth-order valence-corrected chi connectivity index (χ4v) is 3.53. The predicted molar refractivity (Wildman–Crippen MR) is 97.2 cm³/mol. The summed E-state index contributed by atoms with van der Waals surface area (Å²) in [5, 5.41) is 1.91. The van der Waals surface area contributed by atoms with Crippen LogP contribution in [0.2, 0.25) is 0 Å². The Labute approximate surface area is 146 Å². The van der Waals surface area contributed by atoms with Crippen molar-refractivity contribution in [2.45, 2.75) is 26.2 Å². The molecule has 4 nitrogen and oxygen atoms in total. The largest absolute Gasteiger partial charge is 0.365 e. The number of carbonyl (C=O) groups excluding carboxylic acids is 2. The van der Waals surface area contributed by atoms with Gasteiger partial charge in [-0.1, -0.05) is 19.1 Å². The van der Waals surface area contributed by atoms with E-state index >= 15 is 0 Å². The Morgan fingerprint density at radius 1 is 1.21 bits per heavy atom. The van der Waals surface area contributed by atoms with Crippen LogP contribution in [0.4, 0.5) is 0 Å². The molecule has 2 N–H and O–H groups in total. The van der Waals surface area contributed by atoms with E-state index in [0.717, 1.165) is 36.2 Å². The van der Waals surface area contributed by atoms with Crippen molar-refractivity contribution in [2.75, 3.05) is 13.1 Å². The monoisotopic (exact) mass is 342 g/mol. The maximum Gasteiger partial charge on any atom is 0.258 e. The number of hydrogen-bond acceptors (Lipinski definition) is 3. The van der Waals surface area contributed by atoms with Crippen LogP contribution in [0.15, 0.2) is 35.7 Å². The molecule has 1 fully saturated rings. The molecule has 0 spiro atoms. The lowest BCUT2D eigenvalue weighted by Crippen LogP contribution is -2.33. The van der Waals surface area contributed by atoms with Crippen molar-refractivity contribution in [1.82, 2.24) is 4.90 Å². The molecule has 2 aromatic rings. The molecular weight excluding hydrogens is 320 g/mol. The highest BCUT2D eigenvalue weighted by Gasteiger charge is 2.26. The Morgan fingerprint density at radius 2 is 1.92 bits per heavy atom. The van der Waals surface area contributed by atoms with Crippen molar-refractivity contribution in [3.8, 4) is 11.1 Å². The summed E-state index contributed by atoms with van der Waals surface area (Å²) in [6.45, 7) is 3.79. The molecule has 1 aromatic heterocycles. The summed E-state index contributed by atoms with van der Waals surface area (Å²) >= 11 is 1.34. The molecule has 5 heteroatoms. The first-order chi connectivity index (χ1) is 11.6. The van der Waals surface area contributed by atoms with Gasteiger partial charge in [0.25, 0.3) is 11.8 Å². The Morgan fingerprint density at radius 3 is 2.46 bits per heavy atom. The number of nitrogens with zero attached hydrogens (tertiary/aromatic N) is 1. The summed E-state index contributed by atoms with van der Waals surface area (Å²) in [5.74, 6) is 0.393. The molecule has 2 amide bonds. The van der Waals surface area contributed by atoms with Gasteiger partial charge in [-0.15, -0.1) is 11.3 Å². The van der Waals surface area contributed by atoms with E-state index in [9.17, 15) is 9.59 Å². The van der Waals surface area contributed by atoms with E-state index in [2.05, 4.69) is 6.92 Å². The lowest BCUT2D eigenvalue weighted by atomic mass is 10.1. The zero-order chi connectivity index (χ0) is 17.1. The standard InChI is InChI=1S/C19H22N2O2S/c1-2-9-21(11-13-3-4-13)19(23)15-7-5-14(6-8-15)16-10-17(18(20)22)24-12-16/h5-8,10,12-13H,2-4,9,11H2,1H3,(H2,20,22). The molecule has 0 atom stereocenters. The molecule has 1 aliphatic carbocycles. The van der Waals surface area contributed by atoms with Crippen molar-refractivity contribution in [3.63, 3.8) is 0 Å². The summed E-state index contributed by atoms with van der Waals surface area (Å²) in [4.78, 5) is 26.4. The Balaban J connectivity index is 1.74. The number of carbonyl (C=O) groups is 2. The Bertz CT molecular complexity index is 732. The molecule has 0 radical (unpaired) electrons. The number of hydrogen-bond donors (Lipinski definition) is 1. The molecule has 24 heavy (non-hydrogen) atoms. The van der Waals surface area contributed by atoms with Crippen LogP contribution in [0, 0.1) is 5.92 Å². The van der Waals surface area contributed by atoms with Crippen LogP contribution in [-0.2, 0) is 0 Å². The van der Waals surface area contributed by atoms with E-state index in [4.69, 9.17) is 5.73 Å². The third-order valence-electron chi connectivity index (χ3n) is 4.26. The van der Waals surface area contributed by atoms with Gasteiger partial charge in [-0.3, -0.25) is 9.59 Å². The van der Waals surface area contributed by atoms with E-state index in [1.165, 1.54) is 24.2 Å². The van der Waals surface area contributed by atoms with Gasteiger partial charge in [-0.05, 0) is 59.9 Å². The fourth-order valence-electron chi connectivity index (χ4n) is 2.76. The number of rotatable bonds is 7. The molecule has 1 heterocycles. The first-order valence-corrected chi connectivity index (χ1v) is 9.24. The van der Waals surface area contributed by atoms with Gasteiger partial charge in [0.1, 0.15) is 0 Å². The fraction of sp³-hybridized carbons (Fsp3) is 0.368. The van der Waals surface area contributed by atoms with E-state index in [-0.39, 0.29) is 5.91 Å². The van der Waals surface area contributed by atoms with Crippen molar-refractivity contribution in [1.29, 1.82) is 0 Å². The van der Waals surface area contributed by atoms with Gasteiger partial charge in [0, 0.05) is 18.7 Å². The summed E-state index contributed by atoms with van der Waals surface area (Å²) < 4.78 is 0. The second-order valence-corrected chi connectivity index (χ2v) is 7.25. The van der Waals surface area contributed by atoms with Gasteiger partial charge >= 0.3 is 0 Å². The van der Waals surface area contributed by atoms with E-state index < -0.39 is 5.91 Å². The van der Waals surface area contributed by atoms with Crippen LogP contribution in [0.3, 0.4) is 0 Å². The van der Waals surface area contributed by atoms with Crippen LogP contribution in [-0.4, -0.2) is 29.8 Å². The molecule has 0 saturated heterocycles. The molecule has 3 rings (SSSR count). The van der Waals surface area contributed by atoms with Crippen molar-refractivity contribution >= 4 is 23.2 Å². The summed E-state index contributed by atoms with van der Waals surface area (Å²) in [5.41, 5.74) is 7.96. The number of thiophene rings is 1. The minimum atomic E-state index is -0.409. The third-order valence-corrected chi connectivity index (χ3v) is 5.21. The second-order valence-electron chi connectivity index (χ2n) is 6.34. The van der Waals surface area contributed by atoms with Gasteiger partial charge in [0.05, 0.1) is 4.88 Å². The third kappa shape index (κ3) is 3.85. The second kappa shape index (κ2) is 7.18. The van der Waals surface area contributed by atoms with Crippen LogP contribution in [0.1, 0.15) is 46.2 Å². The molecule has 1 saturated carbocycles. The number of nitrogens with two attached hydrogens (primary N) is 1. The zero-order valence-electron chi connectivity index (χ0n) is 13.8. The van der Waals surface area contributed by atoms with Crippen molar-refractivity contribution in [2.24, 2.45) is 11.7 Å². The highest BCUT2D eigenvalue weighted by atomic mass is 32.1. The van der Waals surface area contributed by atoms with Gasteiger partial charge in [0.2, 0.25) is 0 Å². The number of amides is 2. The first-order valence-electron chi connectivity index (χ1n) is 8.36. The van der Waals surface area contributed by atoms with E-state index in [0.29, 0.717) is 10.8 Å². The minimum absolute atomic E-state index is 0.110. The minimum Gasteiger partial charge on any atom is -0.365 e. The summed E-state index contributed by atoms with van der Waals surface area (Å²) in [6.07, 6.45) is 3.46. The average molecular weight is 342 g/mol. The van der Waals surface area contributed by atoms with E-state index in [1.54, 1.807) is 6.07 Å². The highest BCUT2D eigenvalue weighted by molar-refractivity contribution is 7.12. The zero-order valence-corrected chi connectivity index (χ0v) is 14.6. The maximum absolute atomic E-state index is 12.7. The lowest BCUT2D eigenvalue weighted by Gasteiger charge is -2.22.